The van der Waals surface area contributed by atoms with Crippen LogP contribution in [0.1, 0.15) is 38.2 Å². The van der Waals surface area contributed by atoms with Crippen molar-refractivity contribution in [3.8, 4) is 5.75 Å². The summed E-state index contributed by atoms with van der Waals surface area (Å²) in [4.78, 5) is 0. The van der Waals surface area contributed by atoms with Crippen molar-refractivity contribution in [2.45, 2.75) is 51.1 Å². The molecule has 2 unspecified atom stereocenters. The predicted octanol–water partition coefficient (Wildman–Crippen LogP) is 2.45. The van der Waals surface area contributed by atoms with Gasteiger partial charge >= 0.3 is 0 Å². The maximum atomic E-state index is 9.24. The monoisotopic (exact) mass is 262 g/mol. The zero-order valence-electron chi connectivity index (χ0n) is 11.9. The smallest absolute Gasteiger partial charge is 0.115 e. The summed E-state index contributed by atoms with van der Waals surface area (Å²) in [7, 11) is 0. The van der Waals surface area contributed by atoms with Crippen LogP contribution in [0.4, 0.5) is 0 Å². The van der Waals surface area contributed by atoms with Gasteiger partial charge in [-0.15, -0.1) is 0 Å². The molecule has 1 aromatic rings. The van der Waals surface area contributed by atoms with Gasteiger partial charge in [-0.3, -0.25) is 0 Å². The van der Waals surface area contributed by atoms with Crippen molar-refractivity contribution in [2.24, 2.45) is 0 Å². The van der Waals surface area contributed by atoms with E-state index in [0.717, 1.165) is 19.4 Å². The molecule has 0 spiro atoms. The van der Waals surface area contributed by atoms with Crippen LogP contribution in [-0.4, -0.2) is 30.3 Å². The van der Waals surface area contributed by atoms with E-state index in [1.54, 1.807) is 12.1 Å². The summed E-state index contributed by atoms with van der Waals surface area (Å²) in [5.74, 6) is 0.346. The summed E-state index contributed by atoms with van der Waals surface area (Å²) in [6, 6.07) is 8.73. The highest BCUT2D eigenvalue weighted by atomic mass is 16.3. The molecule has 0 amide bonds. The molecular formula is C16H26N2O. The fourth-order valence-corrected chi connectivity index (χ4v) is 2.59. The maximum absolute atomic E-state index is 9.24. The number of phenols is 1. The largest absolute Gasteiger partial charge is 0.508 e. The number of piperidine rings is 1. The van der Waals surface area contributed by atoms with E-state index in [1.807, 2.05) is 12.1 Å². The Morgan fingerprint density at radius 1 is 1.32 bits per heavy atom. The fourth-order valence-electron chi connectivity index (χ4n) is 2.59. The van der Waals surface area contributed by atoms with E-state index in [0.29, 0.717) is 17.8 Å². The van der Waals surface area contributed by atoms with Gasteiger partial charge in [0.15, 0.2) is 0 Å². The number of hydrogen-bond donors (Lipinski definition) is 3. The average Bonchev–Trinajstić information content (AvgIpc) is 2.45. The number of hydrogen-bond acceptors (Lipinski definition) is 3. The summed E-state index contributed by atoms with van der Waals surface area (Å²) >= 11 is 0. The predicted molar refractivity (Wildman–Crippen MR) is 79.5 cm³/mol. The van der Waals surface area contributed by atoms with Gasteiger partial charge in [-0.05, 0) is 56.8 Å². The average molecular weight is 262 g/mol. The SMILES string of the molecule is CC(CCc1ccc(O)cc1)NCC1CCCCN1. The van der Waals surface area contributed by atoms with Crippen LogP contribution in [0.2, 0.25) is 0 Å². The van der Waals surface area contributed by atoms with E-state index in [1.165, 1.54) is 31.4 Å². The standard InChI is InChI=1S/C16H26N2O/c1-13(18-12-15-4-2-3-11-17-15)5-6-14-7-9-16(19)10-8-14/h7-10,13,15,17-19H,2-6,11-12H2,1H3. The van der Waals surface area contributed by atoms with Crippen LogP contribution in [0.15, 0.2) is 24.3 Å². The van der Waals surface area contributed by atoms with Gasteiger partial charge in [-0.25, -0.2) is 0 Å². The van der Waals surface area contributed by atoms with Gasteiger partial charge in [0.2, 0.25) is 0 Å². The van der Waals surface area contributed by atoms with Gasteiger partial charge in [0.1, 0.15) is 5.75 Å². The Labute approximate surface area is 116 Å². The highest BCUT2D eigenvalue weighted by Crippen LogP contribution is 2.12. The summed E-state index contributed by atoms with van der Waals surface area (Å²) in [6.07, 6.45) is 6.19. The zero-order chi connectivity index (χ0) is 13.5. The molecule has 19 heavy (non-hydrogen) atoms. The number of aromatic hydroxyl groups is 1. The Bertz CT molecular complexity index is 358. The molecule has 1 heterocycles. The fraction of sp³-hybridized carbons (Fsp3) is 0.625. The van der Waals surface area contributed by atoms with E-state index in [-0.39, 0.29) is 0 Å². The number of nitrogens with one attached hydrogen (secondary N) is 2. The summed E-state index contributed by atoms with van der Waals surface area (Å²) < 4.78 is 0. The minimum absolute atomic E-state index is 0.346. The summed E-state index contributed by atoms with van der Waals surface area (Å²) in [6.45, 7) is 4.51. The van der Waals surface area contributed by atoms with E-state index >= 15 is 0 Å². The minimum atomic E-state index is 0.346. The molecular weight excluding hydrogens is 236 g/mol. The number of rotatable bonds is 6. The molecule has 2 rings (SSSR count). The molecule has 0 aliphatic carbocycles. The van der Waals surface area contributed by atoms with Crippen molar-refractivity contribution in [1.29, 1.82) is 0 Å². The van der Waals surface area contributed by atoms with E-state index in [4.69, 9.17) is 0 Å². The van der Waals surface area contributed by atoms with Crippen LogP contribution in [-0.2, 0) is 6.42 Å². The molecule has 106 valence electrons. The van der Waals surface area contributed by atoms with E-state index < -0.39 is 0 Å². The van der Waals surface area contributed by atoms with Crippen molar-refractivity contribution in [3.63, 3.8) is 0 Å². The zero-order valence-corrected chi connectivity index (χ0v) is 11.9. The molecule has 1 aliphatic rings. The molecule has 0 bridgehead atoms. The lowest BCUT2D eigenvalue weighted by atomic mass is 10.0. The quantitative estimate of drug-likeness (QED) is 0.738. The molecule has 1 saturated heterocycles. The highest BCUT2D eigenvalue weighted by Gasteiger charge is 2.13. The molecule has 1 aromatic carbocycles. The van der Waals surface area contributed by atoms with Crippen LogP contribution in [0, 0.1) is 0 Å². The first-order chi connectivity index (χ1) is 9.24. The number of benzene rings is 1. The molecule has 3 N–H and O–H groups in total. The lowest BCUT2D eigenvalue weighted by Gasteiger charge is -2.25. The molecule has 1 aliphatic heterocycles. The van der Waals surface area contributed by atoms with Gasteiger partial charge in [0, 0.05) is 18.6 Å². The van der Waals surface area contributed by atoms with Crippen molar-refractivity contribution in [2.75, 3.05) is 13.1 Å². The lowest BCUT2D eigenvalue weighted by molar-refractivity contribution is 0.365. The Kier molecular flexibility index (Phi) is 5.67. The topological polar surface area (TPSA) is 44.3 Å². The minimum Gasteiger partial charge on any atom is -0.508 e. The third-order valence-corrected chi connectivity index (χ3v) is 3.93. The van der Waals surface area contributed by atoms with Gasteiger partial charge in [-0.2, -0.15) is 0 Å². The highest BCUT2D eigenvalue weighted by molar-refractivity contribution is 5.25. The first-order valence-electron chi connectivity index (χ1n) is 7.49. The second kappa shape index (κ2) is 7.51. The molecule has 2 atom stereocenters. The third-order valence-electron chi connectivity index (χ3n) is 3.93. The lowest BCUT2D eigenvalue weighted by Crippen LogP contribution is -2.44. The van der Waals surface area contributed by atoms with Crippen molar-refractivity contribution in [1.82, 2.24) is 10.6 Å². The van der Waals surface area contributed by atoms with Gasteiger partial charge < -0.3 is 15.7 Å². The second-order valence-corrected chi connectivity index (χ2v) is 5.66. The van der Waals surface area contributed by atoms with Gasteiger partial charge in [-0.1, -0.05) is 18.6 Å². The van der Waals surface area contributed by atoms with Crippen LogP contribution in [0.25, 0.3) is 0 Å². The van der Waals surface area contributed by atoms with Crippen molar-refractivity contribution in [3.05, 3.63) is 29.8 Å². The third kappa shape index (κ3) is 5.21. The molecule has 0 radical (unpaired) electrons. The summed E-state index contributed by atoms with van der Waals surface area (Å²) in [5, 5.41) is 16.4. The Morgan fingerprint density at radius 3 is 2.79 bits per heavy atom. The molecule has 0 saturated carbocycles. The van der Waals surface area contributed by atoms with Crippen LogP contribution in [0.5, 0.6) is 5.75 Å². The van der Waals surface area contributed by atoms with Crippen LogP contribution in [0.3, 0.4) is 0 Å². The van der Waals surface area contributed by atoms with Crippen molar-refractivity contribution >= 4 is 0 Å². The molecule has 3 nitrogen and oxygen atoms in total. The second-order valence-electron chi connectivity index (χ2n) is 5.66. The van der Waals surface area contributed by atoms with Gasteiger partial charge in [0.25, 0.3) is 0 Å². The normalized spacial score (nSPS) is 21.2. The van der Waals surface area contributed by atoms with E-state index in [9.17, 15) is 5.11 Å². The Morgan fingerprint density at radius 2 is 2.11 bits per heavy atom. The first kappa shape index (κ1) is 14.4. The van der Waals surface area contributed by atoms with Gasteiger partial charge in [0.05, 0.1) is 0 Å². The number of phenolic OH excluding ortho intramolecular Hbond substituents is 1. The summed E-state index contributed by atoms with van der Waals surface area (Å²) in [5.41, 5.74) is 1.29. The maximum Gasteiger partial charge on any atom is 0.115 e. The van der Waals surface area contributed by atoms with Crippen LogP contribution >= 0.6 is 0 Å². The molecule has 3 heteroatoms. The van der Waals surface area contributed by atoms with E-state index in [2.05, 4.69) is 17.6 Å². The molecule has 0 aromatic heterocycles. The first-order valence-corrected chi connectivity index (χ1v) is 7.49. The Hall–Kier alpha value is -1.06. The van der Waals surface area contributed by atoms with Crippen LogP contribution < -0.4 is 10.6 Å². The van der Waals surface area contributed by atoms with Crippen molar-refractivity contribution < 1.29 is 5.11 Å². The Balaban J connectivity index is 1.63. The molecule has 1 fully saturated rings. The number of aryl methyl sites for hydroxylation is 1.